The molecule has 0 atom stereocenters. The van der Waals surface area contributed by atoms with Crippen molar-refractivity contribution < 1.29 is 0 Å². The molecular weight excluding hydrogens is 248 g/mol. The van der Waals surface area contributed by atoms with E-state index in [0.717, 1.165) is 31.2 Å². The number of anilines is 1. The van der Waals surface area contributed by atoms with Crippen molar-refractivity contribution >= 4 is 11.5 Å². The summed E-state index contributed by atoms with van der Waals surface area (Å²) in [6.07, 6.45) is 6.01. The summed E-state index contributed by atoms with van der Waals surface area (Å²) >= 11 is 0. The molecule has 1 aliphatic heterocycles. The van der Waals surface area contributed by atoms with E-state index in [2.05, 4.69) is 45.9 Å². The highest BCUT2D eigenvalue weighted by atomic mass is 15.2. The summed E-state index contributed by atoms with van der Waals surface area (Å²) in [6.45, 7) is 5.43. The maximum Gasteiger partial charge on any atom is 0.152 e. The van der Waals surface area contributed by atoms with Crippen LogP contribution >= 0.6 is 0 Å². The molecule has 0 saturated carbocycles. The Kier molecular flexibility index (Phi) is 3.92. The van der Waals surface area contributed by atoms with Crippen molar-refractivity contribution in [3.63, 3.8) is 0 Å². The van der Waals surface area contributed by atoms with Crippen LogP contribution in [0.2, 0.25) is 0 Å². The van der Waals surface area contributed by atoms with Gasteiger partial charge in [-0.2, -0.15) is 0 Å². The number of aromatic nitrogens is 2. The molecule has 1 fully saturated rings. The number of nitrogens with zero attached hydrogens (tertiary/aromatic N) is 3. The van der Waals surface area contributed by atoms with Gasteiger partial charge in [0.1, 0.15) is 5.65 Å². The van der Waals surface area contributed by atoms with Crippen molar-refractivity contribution in [2.45, 2.75) is 32.7 Å². The molecule has 108 valence electrons. The quantitative estimate of drug-likeness (QED) is 0.929. The molecule has 1 aliphatic rings. The Morgan fingerprint density at radius 3 is 2.80 bits per heavy atom. The van der Waals surface area contributed by atoms with Crippen molar-refractivity contribution in [1.29, 1.82) is 0 Å². The maximum absolute atomic E-state index is 4.85. The van der Waals surface area contributed by atoms with E-state index in [0.29, 0.717) is 0 Å². The first-order valence-corrected chi connectivity index (χ1v) is 7.69. The highest BCUT2D eigenvalue weighted by molar-refractivity contribution is 5.56. The van der Waals surface area contributed by atoms with Crippen LogP contribution in [0.15, 0.2) is 24.4 Å². The average Bonchev–Trinajstić information content (AvgIpc) is 2.87. The van der Waals surface area contributed by atoms with Crippen LogP contribution in [0.5, 0.6) is 0 Å². The van der Waals surface area contributed by atoms with Crippen LogP contribution in [-0.4, -0.2) is 29.5 Å². The Morgan fingerprint density at radius 1 is 1.30 bits per heavy atom. The molecule has 3 heterocycles. The average molecular weight is 272 g/mol. The fourth-order valence-corrected chi connectivity index (χ4v) is 3.17. The molecule has 3 rings (SSSR count). The van der Waals surface area contributed by atoms with Crippen molar-refractivity contribution in [2.24, 2.45) is 5.92 Å². The van der Waals surface area contributed by atoms with Gasteiger partial charge in [0.15, 0.2) is 5.82 Å². The van der Waals surface area contributed by atoms with E-state index in [1.54, 1.807) is 0 Å². The van der Waals surface area contributed by atoms with Gasteiger partial charge < -0.3 is 14.6 Å². The lowest BCUT2D eigenvalue weighted by Crippen LogP contribution is -2.34. The van der Waals surface area contributed by atoms with E-state index >= 15 is 0 Å². The number of fused-ring (bicyclic) bond motifs is 1. The summed E-state index contributed by atoms with van der Waals surface area (Å²) in [5.74, 6) is 2.07. The standard InChI is InChI=1S/C16H24N4/c1-3-13-7-10-19(11-8-13)16-14(12-17-2)20-9-5-4-6-15(20)18-16/h4-6,9,13,17H,3,7-8,10-12H2,1-2H3. The van der Waals surface area contributed by atoms with E-state index in [9.17, 15) is 0 Å². The molecule has 0 unspecified atom stereocenters. The lowest BCUT2D eigenvalue weighted by Gasteiger charge is -2.32. The lowest BCUT2D eigenvalue weighted by atomic mass is 9.94. The van der Waals surface area contributed by atoms with E-state index in [-0.39, 0.29) is 0 Å². The zero-order valence-corrected chi connectivity index (χ0v) is 12.5. The molecule has 1 N–H and O–H groups in total. The number of piperidine rings is 1. The van der Waals surface area contributed by atoms with Crippen LogP contribution in [0.1, 0.15) is 31.9 Å². The summed E-state index contributed by atoms with van der Waals surface area (Å²) in [5.41, 5.74) is 2.32. The van der Waals surface area contributed by atoms with Crippen LogP contribution in [-0.2, 0) is 6.54 Å². The zero-order chi connectivity index (χ0) is 13.9. The SMILES string of the molecule is CCC1CCN(c2nc3ccccn3c2CNC)CC1. The first-order valence-electron chi connectivity index (χ1n) is 7.69. The minimum Gasteiger partial charge on any atom is -0.355 e. The summed E-state index contributed by atoms with van der Waals surface area (Å²) in [4.78, 5) is 7.32. The first kappa shape index (κ1) is 13.4. The molecule has 4 nitrogen and oxygen atoms in total. The zero-order valence-electron chi connectivity index (χ0n) is 12.5. The molecule has 20 heavy (non-hydrogen) atoms. The van der Waals surface area contributed by atoms with Gasteiger partial charge in [-0.15, -0.1) is 0 Å². The van der Waals surface area contributed by atoms with Gasteiger partial charge in [0.2, 0.25) is 0 Å². The normalized spacial score (nSPS) is 17.0. The minimum absolute atomic E-state index is 0.855. The topological polar surface area (TPSA) is 32.6 Å². The van der Waals surface area contributed by atoms with Crippen LogP contribution in [0, 0.1) is 5.92 Å². The van der Waals surface area contributed by atoms with Crippen molar-refractivity contribution in [3.05, 3.63) is 30.1 Å². The van der Waals surface area contributed by atoms with Crippen LogP contribution in [0.3, 0.4) is 0 Å². The van der Waals surface area contributed by atoms with E-state index in [4.69, 9.17) is 4.98 Å². The van der Waals surface area contributed by atoms with Crippen LogP contribution < -0.4 is 10.2 Å². The number of pyridine rings is 1. The third kappa shape index (κ3) is 2.40. The third-order valence-electron chi connectivity index (χ3n) is 4.44. The summed E-state index contributed by atoms with van der Waals surface area (Å²) in [7, 11) is 2.00. The van der Waals surface area contributed by atoms with Gasteiger partial charge in [0.25, 0.3) is 0 Å². The minimum atomic E-state index is 0.855. The molecule has 0 bridgehead atoms. The fraction of sp³-hybridized carbons (Fsp3) is 0.562. The lowest BCUT2D eigenvalue weighted by molar-refractivity contribution is 0.393. The van der Waals surface area contributed by atoms with Gasteiger partial charge in [-0.25, -0.2) is 4.98 Å². The molecule has 0 radical (unpaired) electrons. The molecule has 1 saturated heterocycles. The maximum atomic E-state index is 4.85. The Morgan fingerprint density at radius 2 is 2.10 bits per heavy atom. The third-order valence-corrected chi connectivity index (χ3v) is 4.44. The van der Waals surface area contributed by atoms with E-state index in [1.807, 2.05) is 7.05 Å². The molecule has 0 spiro atoms. The molecule has 2 aromatic heterocycles. The van der Waals surface area contributed by atoms with Crippen molar-refractivity contribution in [3.8, 4) is 0 Å². The highest BCUT2D eigenvalue weighted by Crippen LogP contribution is 2.27. The molecule has 0 aromatic carbocycles. The Hall–Kier alpha value is -1.55. The molecule has 0 aliphatic carbocycles. The van der Waals surface area contributed by atoms with E-state index < -0.39 is 0 Å². The number of hydrogen-bond donors (Lipinski definition) is 1. The molecular formula is C16H24N4. The molecule has 4 heteroatoms. The fourth-order valence-electron chi connectivity index (χ4n) is 3.17. The number of rotatable bonds is 4. The number of imidazole rings is 1. The van der Waals surface area contributed by atoms with Gasteiger partial charge in [0.05, 0.1) is 5.69 Å². The first-order chi connectivity index (χ1) is 9.83. The summed E-state index contributed by atoms with van der Waals surface area (Å²) < 4.78 is 2.21. The summed E-state index contributed by atoms with van der Waals surface area (Å²) in [6, 6.07) is 6.21. The predicted octanol–water partition coefficient (Wildman–Crippen LogP) is 2.68. The van der Waals surface area contributed by atoms with E-state index in [1.165, 1.54) is 30.8 Å². The van der Waals surface area contributed by atoms with Crippen LogP contribution in [0.25, 0.3) is 5.65 Å². The van der Waals surface area contributed by atoms with Gasteiger partial charge >= 0.3 is 0 Å². The van der Waals surface area contributed by atoms with Gasteiger partial charge in [-0.1, -0.05) is 19.4 Å². The Bertz CT molecular complexity index is 567. The van der Waals surface area contributed by atoms with Gasteiger partial charge in [-0.3, -0.25) is 0 Å². The smallest absolute Gasteiger partial charge is 0.152 e. The second-order valence-electron chi connectivity index (χ2n) is 5.68. The monoisotopic (exact) mass is 272 g/mol. The van der Waals surface area contributed by atoms with Crippen LogP contribution in [0.4, 0.5) is 5.82 Å². The predicted molar refractivity (Wildman–Crippen MR) is 83.2 cm³/mol. The Balaban J connectivity index is 1.92. The van der Waals surface area contributed by atoms with Gasteiger partial charge in [0, 0.05) is 25.8 Å². The molecule has 2 aromatic rings. The van der Waals surface area contributed by atoms with Gasteiger partial charge in [-0.05, 0) is 37.9 Å². The number of nitrogens with one attached hydrogen (secondary N) is 1. The second-order valence-corrected chi connectivity index (χ2v) is 5.68. The van der Waals surface area contributed by atoms with Crippen molar-refractivity contribution in [1.82, 2.24) is 14.7 Å². The highest BCUT2D eigenvalue weighted by Gasteiger charge is 2.22. The summed E-state index contributed by atoms with van der Waals surface area (Å²) in [5, 5.41) is 3.27. The largest absolute Gasteiger partial charge is 0.355 e. The molecule has 0 amide bonds. The number of hydrogen-bond acceptors (Lipinski definition) is 3. The Labute approximate surface area is 120 Å². The van der Waals surface area contributed by atoms with Crippen molar-refractivity contribution in [2.75, 3.05) is 25.0 Å². The second kappa shape index (κ2) is 5.83.